The highest BCUT2D eigenvalue weighted by Gasteiger charge is 2.31. The summed E-state index contributed by atoms with van der Waals surface area (Å²) >= 11 is 0. The minimum atomic E-state index is -4.45. The molecule has 0 aliphatic carbocycles. The Morgan fingerprint density at radius 3 is 2.50 bits per heavy atom. The van der Waals surface area contributed by atoms with Gasteiger partial charge < -0.3 is 10.2 Å². The van der Waals surface area contributed by atoms with Crippen LogP contribution in [-0.2, 0) is 6.18 Å². The highest BCUT2D eigenvalue weighted by Crippen LogP contribution is 2.32. The monoisotopic (exact) mass is 289 g/mol. The number of aliphatic hydroxyl groups is 2. The molecule has 0 amide bonds. The summed E-state index contributed by atoms with van der Waals surface area (Å²) in [6.07, 6.45) is -6.97. The molecule has 8 heteroatoms. The molecule has 0 aliphatic heterocycles. The predicted molar refractivity (Wildman–Crippen MR) is 65.8 cm³/mol. The first-order chi connectivity index (χ1) is 9.27. The fourth-order valence-corrected chi connectivity index (χ4v) is 1.78. The van der Waals surface area contributed by atoms with Gasteiger partial charge in [0.2, 0.25) is 0 Å². The molecule has 0 fully saturated rings. The second kappa shape index (κ2) is 6.60. The maximum Gasteiger partial charge on any atom is 0.416 e. The van der Waals surface area contributed by atoms with Gasteiger partial charge >= 0.3 is 6.18 Å². The summed E-state index contributed by atoms with van der Waals surface area (Å²) in [5, 5.41) is 22.8. The Morgan fingerprint density at radius 1 is 1.35 bits per heavy atom. The molecule has 0 aromatic heterocycles. The van der Waals surface area contributed by atoms with Crippen molar-refractivity contribution in [2.24, 2.45) is 5.11 Å². The van der Waals surface area contributed by atoms with Crippen LogP contribution in [0, 0.1) is 6.92 Å². The van der Waals surface area contributed by atoms with Gasteiger partial charge in [-0.1, -0.05) is 11.2 Å². The lowest BCUT2D eigenvalue weighted by atomic mass is 9.96. The van der Waals surface area contributed by atoms with E-state index < -0.39 is 23.9 Å². The fraction of sp³-hybridized carbons (Fsp3) is 0.500. The zero-order valence-corrected chi connectivity index (χ0v) is 10.7. The summed E-state index contributed by atoms with van der Waals surface area (Å²) in [4.78, 5) is 2.50. The van der Waals surface area contributed by atoms with Crippen LogP contribution in [0.5, 0.6) is 0 Å². The van der Waals surface area contributed by atoms with Crippen LogP contribution in [0.3, 0.4) is 0 Å². The molecule has 20 heavy (non-hydrogen) atoms. The molecule has 0 bridgehead atoms. The van der Waals surface area contributed by atoms with Crippen LogP contribution in [0.1, 0.15) is 29.2 Å². The number of alkyl halides is 3. The fourth-order valence-electron chi connectivity index (χ4n) is 1.78. The Balaban J connectivity index is 2.88. The van der Waals surface area contributed by atoms with Crippen molar-refractivity contribution in [2.45, 2.75) is 31.7 Å². The number of azide groups is 1. The smallest absolute Gasteiger partial charge is 0.390 e. The van der Waals surface area contributed by atoms with Crippen molar-refractivity contribution in [1.82, 2.24) is 0 Å². The Morgan fingerprint density at radius 2 is 2.00 bits per heavy atom. The van der Waals surface area contributed by atoms with Crippen LogP contribution in [0.4, 0.5) is 13.2 Å². The van der Waals surface area contributed by atoms with E-state index in [1.54, 1.807) is 0 Å². The first-order valence-electron chi connectivity index (χ1n) is 5.82. The average molecular weight is 289 g/mol. The van der Waals surface area contributed by atoms with E-state index >= 15 is 0 Å². The standard InChI is InChI=1S/C12H14F3N3O2/c1-7-6-8(12(13,14)15)2-3-9(7)11(20)10(19)4-5-17-18-16/h2-3,6,10-11,19-20H,4-5H2,1H3. The van der Waals surface area contributed by atoms with Crippen molar-refractivity contribution in [3.8, 4) is 0 Å². The second-order valence-corrected chi connectivity index (χ2v) is 4.32. The lowest BCUT2D eigenvalue weighted by Crippen LogP contribution is -2.20. The Bertz CT molecular complexity index is 513. The van der Waals surface area contributed by atoms with Gasteiger partial charge in [-0.3, -0.25) is 0 Å². The third kappa shape index (κ3) is 4.12. The van der Waals surface area contributed by atoms with Gasteiger partial charge in [0, 0.05) is 11.5 Å². The van der Waals surface area contributed by atoms with Gasteiger partial charge in [-0.2, -0.15) is 13.2 Å². The van der Waals surface area contributed by atoms with Crippen molar-refractivity contribution >= 4 is 0 Å². The molecule has 1 rings (SSSR count). The van der Waals surface area contributed by atoms with Gasteiger partial charge in [0.25, 0.3) is 0 Å². The van der Waals surface area contributed by atoms with Crippen LogP contribution >= 0.6 is 0 Å². The highest BCUT2D eigenvalue weighted by atomic mass is 19.4. The number of nitrogens with zero attached hydrogens (tertiary/aromatic N) is 3. The van der Waals surface area contributed by atoms with E-state index in [-0.39, 0.29) is 24.1 Å². The van der Waals surface area contributed by atoms with E-state index in [4.69, 9.17) is 5.53 Å². The van der Waals surface area contributed by atoms with Gasteiger partial charge in [-0.05, 0) is 42.1 Å². The molecule has 2 atom stereocenters. The van der Waals surface area contributed by atoms with Crippen molar-refractivity contribution in [3.05, 3.63) is 45.3 Å². The van der Waals surface area contributed by atoms with E-state index in [0.29, 0.717) is 0 Å². The van der Waals surface area contributed by atoms with Crippen molar-refractivity contribution in [1.29, 1.82) is 0 Å². The third-order valence-electron chi connectivity index (χ3n) is 2.87. The van der Waals surface area contributed by atoms with Gasteiger partial charge in [0.15, 0.2) is 0 Å². The molecule has 1 aromatic rings. The Kier molecular flexibility index (Phi) is 5.38. The first kappa shape index (κ1) is 16.3. The number of hydrogen-bond acceptors (Lipinski definition) is 3. The topological polar surface area (TPSA) is 89.2 Å². The molecule has 0 saturated carbocycles. The molecule has 0 aliphatic rings. The maximum absolute atomic E-state index is 12.5. The molecule has 0 radical (unpaired) electrons. The van der Waals surface area contributed by atoms with Gasteiger partial charge in [-0.15, -0.1) is 0 Å². The number of halogens is 3. The van der Waals surface area contributed by atoms with Crippen molar-refractivity contribution < 1.29 is 23.4 Å². The molecular formula is C12H14F3N3O2. The zero-order valence-electron chi connectivity index (χ0n) is 10.7. The molecule has 5 nitrogen and oxygen atoms in total. The van der Waals surface area contributed by atoms with E-state index in [9.17, 15) is 23.4 Å². The number of aliphatic hydroxyl groups excluding tert-OH is 2. The molecular weight excluding hydrogens is 275 g/mol. The van der Waals surface area contributed by atoms with Crippen LogP contribution in [0.2, 0.25) is 0 Å². The largest absolute Gasteiger partial charge is 0.416 e. The molecule has 0 heterocycles. The van der Waals surface area contributed by atoms with Crippen LogP contribution in [0.25, 0.3) is 10.4 Å². The van der Waals surface area contributed by atoms with E-state index in [1.165, 1.54) is 6.92 Å². The zero-order chi connectivity index (χ0) is 15.3. The minimum absolute atomic E-state index is 0.00555. The number of rotatable bonds is 5. The highest BCUT2D eigenvalue weighted by molar-refractivity contribution is 5.34. The SMILES string of the molecule is Cc1cc(C(F)(F)F)ccc1C(O)C(O)CCN=[N+]=[N-]. The van der Waals surface area contributed by atoms with Gasteiger partial charge in [0.05, 0.1) is 11.7 Å². The van der Waals surface area contributed by atoms with Crippen LogP contribution < -0.4 is 0 Å². The van der Waals surface area contributed by atoms with Gasteiger partial charge in [-0.25, -0.2) is 0 Å². The number of benzene rings is 1. The molecule has 0 spiro atoms. The van der Waals surface area contributed by atoms with Crippen molar-refractivity contribution in [2.75, 3.05) is 6.54 Å². The minimum Gasteiger partial charge on any atom is -0.390 e. The third-order valence-corrected chi connectivity index (χ3v) is 2.87. The second-order valence-electron chi connectivity index (χ2n) is 4.32. The Labute approximate surface area is 113 Å². The summed E-state index contributed by atoms with van der Waals surface area (Å²) in [5.74, 6) is 0. The lowest BCUT2D eigenvalue weighted by Gasteiger charge is -2.20. The summed E-state index contributed by atoms with van der Waals surface area (Å²) in [6, 6.07) is 2.91. The number of hydrogen-bond donors (Lipinski definition) is 2. The van der Waals surface area contributed by atoms with E-state index in [2.05, 4.69) is 10.0 Å². The predicted octanol–water partition coefficient (Wildman–Crippen LogP) is 3.11. The van der Waals surface area contributed by atoms with Crippen LogP contribution in [0.15, 0.2) is 23.3 Å². The summed E-state index contributed by atoms with van der Waals surface area (Å²) in [5.41, 5.74) is 7.73. The summed E-state index contributed by atoms with van der Waals surface area (Å²) in [7, 11) is 0. The summed E-state index contributed by atoms with van der Waals surface area (Å²) in [6.45, 7) is 1.42. The molecule has 0 saturated heterocycles. The molecule has 2 N–H and O–H groups in total. The molecule has 110 valence electrons. The van der Waals surface area contributed by atoms with Gasteiger partial charge in [0.1, 0.15) is 6.10 Å². The van der Waals surface area contributed by atoms with Crippen LogP contribution in [-0.4, -0.2) is 22.9 Å². The number of aryl methyl sites for hydroxylation is 1. The molecule has 2 unspecified atom stereocenters. The van der Waals surface area contributed by atoms with E-state index in [1.807, 2.05) is 0 Å². The Hall–Kier alpha value is -1.76. The summed E-state index contributed by atoms with van der Waals surface area (Å²) < 4.78 is 37.5. The first-order valence-corrected chi connectivity index (χ1v) is 5.82. The normalized spacial score (nSPS) is 14.5. The lowest BCUT2D eigenvalue weighted by molar-refractivity contribution is -0.137. The van der Waals surface area contributed by atoms with Crippen molar-refractivity contribution in [3.63, 3.8) is 0 Å². The quantitative estimate of drug-likeness (QED) is 0.495. The van der Waals surface area contributed by atoms with E-state index in [0.717, 1.165) is 18.2 Å². The average Bonchev–Trinajstić information content (AvgIpc) is 2.37. The maximum atomic E-state index is 12.5. The molecule has 1 aromatic carbocycles.